The van der Waals surface area contributed by atoms with Crippen LogP contribution in [-0.4, -0.2) is 33.5 Å². The molecule has 1 atom stereocenters. The van der Waals surface area contributed by atoms with E-state index in [1.54, 1.807) is 4.68 Å². The molecule has 0 aromatic carbocycles. The molecule has 0 saturated heterocycles. The maximum atomic E-state index is 11.8. The van der Waals surface area contributed by atoms with E-state index < -0.39 is 0 Å². The van der Waals surface area contributed by atoms with E-state index in [0.717, 1.165) is 12.1 Å². The number of nitrogens with one attached hydrogen (secondary N) is 2. The molecular weight excluding hydrogens is 230 g/mol. The van der Waals surface area contributed by atoms with Crippen LogP contribution in [-0.2, 0) is 11.3 Å². The minimum Gasteiger partial charge on any atom is -0.354 e. The topological polar surface area (TPSA) is 71.8 Å². The predicted molar refractivity (Wildman–Crippen MR) is 70.0 cm³/mol. The number of amides is 1. The molecule has 0 bridgehead atoms. The van der Waals surface area contributed by atoms with Gasteiger partial charge >= 0.3 is 0 Å². The molecule has 0 aliphatic rings. The van der Waals surface area contributed by atoms with Crippen molar-refractivity contribution in [2.24, 2.45) is 0 Å². The van der Waals surface area contributed by atoms with E-state index in [-0.39, 0.29) is 11.9 Å². The van der Waals surface area contributed by atoms with Crippen LogP contribution >= 0.6 is 0 Å². The number of hydrogen-bond donors (Lipinski definition) is 2. The van der Waals surface area contributed by atoms with Crippen molar-refractivity contribution in [2.75, 3.05) is 6.54 Å². The van der Waals surface area contributed by atoms with Crippen LogP contribution in [0.25, 0.3) is 0 Å². The lowest BCUT2D eigenvalue weighted by Gasteiger charge is -2.11. The highest BCUT2D eigenvalue weighted by Gasteiger charge is 2.15. The summed E-state index contributed by atoms with van der Waals surface area (Å²) in [7, 11) is 0. The minimum atomic E-state index is -0.322. The Kier molecular flexibility index (Phi) is 5.77. The number of carbonyl (C=O) groups excluding carboxylic acids is 1. The summed E-state index contributed by atoms with van der Waals surface area (Å²) in [5.41, 5.74) is 0.846. The van der Waals surface area contributed by atoms with E-state index in [2.05, 4.69) is 34.8 Å². The Morgan fingerprint density at radius 3 is 2.78 bits per heavy atom. The van der Waals surface area contributed by atoms with E-state index in [9.17, 15) is 4.79 Å². The van der Waals surface area contributed by atoms with Gasteiger partial charge < -0.3 is 10.6 Å². The van der Waals surface area contributed by atoms with Gasteiger partial charge in [0, 0.05) is 19.1 Å². The number of rotatable bonds is 7. The molecule has 0 fully saturated rings. The zero-order chi connectivity index (χ0) is 13.5. The van der Waals surface area contributed by atoms with Gasteiger partial charge in [-0.1, -0.05) is 26.0 Å². The van der Waals surface area contributed by atoms with E-state index >= 15 is 0 Å². The van der Waals surface area contributed by atoms with Crippen molar-refractivity contribution >= 4 is 5.91 Å². The summed E-state index contributed by atoms with van der Waals surface area (Å²) >= 11 is 0. The van der Waals surface area contributed by atoms with E-state index in [1.807, 2.05) is 20.0 Å². The Hall–Kier alpha value is -1.43. The van der Waals surface area contributed by atoms with Gasteiger partial charge in [0.2, 0.25) is 5.91 Å². The van der Waals surface area contributed by atoms with Crippen molar-refractivity contribution in [1.82, 2.24) is 25.6 Å². The van der Waals surface area contributed by atoms with Crippen molar-refractivity contribution in [3.63, 3.8) is 0 Å². The molecule has 1 rings (SSSR count). The van der Waals surface area contributed by atoms with Gasteiger partial charge in [-0.15, -0.1) is 5.10 Å². The smallest absolute Gasteiger partial charge is 0.244 e. The summed E-state index contributed by atoms with van der Waals surface area (Å²) in [6.07, 6.45) is 2.74. The third kappa shape index (κ3) is 4.44. The molecule has 0 aliphatic heterocycles. The second-order valence-electron chi connectivity index (χ2n) is 4.69. The molecule has 2 N–H and O–H groups in total. The zero-order valence-electron chi connectivity index (χ0n) is 11.6. The highest BCUT2D eigenvalue weighted by Crippen LogP contribution is 2.04. The molecular formula is C12H23N5O. The summed E-state index contributed by atoms with van der Waals surface area (Å²) in [4.78, 5) is 11.8. The minimum absolute atomic E-state index is 0.0230. The fraction of sp³-hybridized carbons (Fsp3) is 0.750. The van der Waals surface area contributed by atoms with E-state index in [0.29, 0.717) is 19.1 Å². The SMILES string of the molecule is CCCNC(=O)C(C)n1cc(CNC(C)C)nn1. The first-order valence-electron chi connectivity index (χ1n) is 6.46. The van der Waals surface area contributed by atoms with Gasteiger partial charge in [0.05, 0.1) is 11.9 Å². The highest BCUT2D eigenvalue weighted by atomic mass is 16.2. The molecule has 6 heteroatoms. The lowest BCUT2D eigenvalue weighted by molar-refractivity contribution is -0.124. The van der Waals surface area contributed by atoms with Gasteiger partial charge in [0.1, 0.15) is 6.04 Å². The first kappa shape index (κ1) is 14.6. The second-order valence-corrected chi connectivity index (χ2v) is 4.69. The maximum absolute atomic E-state index is 11.8. The molecule has 18 heavy (non-hydrogen) atoms. The Labute approximate surface area is 108 Å². The fourth-order valence-electron chi connectivity index (χ4n) is 1.41. The van der Waals surface area contributed by atoms with Crippen molar-refractivity contribution in [3.05, 3.63) is 11.9 Å². The molecule has 1 aromatic heterocycles. The number of hydrogen-bond acceptors (Lipinski definition) is 4. The Bertz CT molecular complexity index is 374. The van der Waals surface area contributed by atoms with Crippen molar-refractivity contribution in [2.45, 2.75) is 52.7 Å². The lowest BCUT2D eigenvalue weighted by Crippen LogP contribution is -2.31. The van der Waals surface area contributed by atoms with Crippen molar-refractivity contribution < 1.29 is 4.79 Å². The van der Waals surface area contributed by atoms with Crippen LogP contribution in [0.5, 0.6) is 0 Å². The Morgan fingerprint density at radius 1 is 1.44 bits per heavy atom. The molecule has 0 radical (unpaired) electrons. The quantitative estimate of drug-likeness (QED) is 0.756. The molecule has 0 aliphatic carbocycles. The zero-order valence-corrected chi connectivity index (χ0v) is 11.6. The Morgan fingerprint density at radius 2 is 2.17 bits per heavy atom. The van der Waals surface area contributed by atoms with Crippen LogP contribution in [0.2, 0.25) is 0 Å². The summed E-state index contributed by atoms with van der Waals surface area (Å²) < 4.78 is 1.60. The van der Waals surface area contributed by atoms with Crippen LogP contribution < -0.4 is 10.6 Å². The standard InChI is InChI=1S/C12H23N5O/c1-5-6-13-12(18)10(4)17-8-11(15-16-17)7-14-9(2)3/h8-10,14H,5-7H2,1-4H3,(H,13,18). The lowest BCUT2D eigenvalue weighted by atomic mass is 10.3. The summed E-state index contributed by atoms with van der Waals surface area (Å²) in [5.74, 6) is -0.0230. The highest BCUT2D eigenvalue weighted by molar-refractivity contribution is 5.79. The Balaban J connectivity index is 2.53. The molecule has 1 amide bonds. The van der Waals surface area contributed by atoms with Gasteiger partial charge in [0.15, 0.2) is 0 Å². The van der Waals surface area contributed by atoms with Crippen LogP contribution in [0.1, 0.15) is 45.9 Å². The number of nitrogens with zero attached hydrogens (tertiary/aromatic N) is 3. The molecule has 0 saturated carbocycles. The van der Waals surface area contributed by atoms with Crippen LogP contribution in [0.15, 0.2) is 6.20 Å². The number of aromatic nitrogens is 3. The van der Waals surface area contributed by atoms with Gasteiger partial charge in [0.25, 0.3) is 0 Å². The third-order valence-electron chi connectivity index (χ3n) is 2.57. The normalized spacial score (nSPS) is 12.7. The van der Waals surface area contributed by atoms with Gasteiger partial charge in [-0.05, 0) is 13.3 Å². The van der Waals surface area contributed by atoms with Gasteiger partial charge in [-0.3, -0.25) is 4.79 Å². The second kappa shape index (κ2) is 7.10. The first-order valence-corrected chi connectivity index (χ1v) is 6.46. The molecule has 102 valence electrons. The first-order chi connectivity index (χ1) is 8.54. The van der Waals surface area contributed by atoms with Crippen LogP contribution in [0.3, 0.4) is 0 Å². The van der Waals surface area contributed by atoms with E-state index in [1.165, 1.54) is 0 Å². The van der Waals surface area contributed by atoms with Crippen molar-refractivity contribution in [1.29, 1.82) is 0 Å². The van der Waals surface area contributed by atoms with Crippen LogP contribution in [0, 0.1) is 0 Å². The van der Waals surface area contributed by atoms with Crippen LogP contribution in [0.4, 0.5) is 0 Å². The van der Waals surface area contributed by atoms with E-state index in [4.69, 9.17) is 0 Å². The summed E-state index contributed by atoms with van der Waals surface area (Å²) in [6, 6.07) is 0.0808. The molecule has 1 aromatic rings. The van der Waals surface area contributed by atoms with Gasteiger partial charge in [-0.2, -0.15) is 0 Å². The summed E-state index contributed by atoms with van der Waals surface area (Å²) in [5, 5.41) is 14.1. The average Bonchev–Trinajstić information content (AvgIpc) is 2.81. The summed E-state index contributed by atoms with van der Waals surface area (Å²) in [6.45, 7) is 9.35. The monoisotopic (exact) mass is 253 g/mol. The van der Waals surface area contributed by atoms with Crippen molar-refractivity contribution in [3.8, 4) is 0 Å². The molecule has 0 spiro atoms. The molecule has 6 nitrogen and oxygen atoms in total. The number of carbonyl (C=O) groups is 1. The fourth-order valence-corrected chi connectivity index (χ4v) is 1.41. The largest absolute Gasteiger partial charge is 0.354 e. The third-order valence-corrected chi connectivity index (χ3v) is 2.57. The predicted octanol–water partition coefficient (Wildman–Crippen LogP) is 0.863. The molecule has 1 heterocycles. The van der Waals surface area contributed by atoms with Gasteiger partial charge in [-0.25, -0.2) is 4.68 Å². The molecule has 1 unspecified atom stereocenters. The average molecular weight is 253 g/mol. The maximum Gasteiger partial charge on any atom is 0.244 e.